The molecular weight excluding hydrogens is 272 g/mol. The van der Waals surface area contributed by atoms with Gasteiger partial charge in [0.15, 0.2) is 0 Å². The molecule has 3 aliphatic rings. The zero-order valence-corrected chi connectivity index (χ0v) is 12.5. The Labute approximate surface area is 130 Å². The number of benzene rings is 2. The number of rotatable bonds is 1. The van der Waals surface area contributed by atoms with E-state index >= 15 is 0 Å². The van der Waals surface area contributed by atoms with Gasteiger partial charge in [0.25, 0.3) is 0 Å². The smallest absolute Gasteiger partial charge is 0.138 e. The highest BCUT2D eigenvalue weighted by Gasteiger charge is 2.50. The van der Waals surface area contributed by atoms with E-state index in [1.54, 1.807) is 0 Å². The van der Waals surface area contributed by atoms with Gasteiger partial charge in [0, 0.05) is 11.7 Å². The third-order valence-electron chi connectivity index (χ3n) is 5.37. The SMILES string of the molecule is c1ccc([C@@H]2OC[C@H]3C[C@@H]4Cc5ccccc5NC4N32)cc1. The van der Waals surface area contributed by atoms with Crippen molar-refractivity contribution in [3.8, 4) is 0 Å². The molecule has 3 heterocycles. The lowest BCUT2D eigenvalue weighted by atomic mass is 9.90. The van der Waals surface area contributed by atoms with Crippen LogP contribution in [0.1, 0.15) is 23.8 Å². The molecule has 0 bridgehead atoms. The summed E-state index contributed by atoms with van der Waals surface area (Å²) < 4.78 is 6.13. The summed E-state index contributed by atoms with van der Waals surface area (Å²) in [4.78, 5) is 2.57. The summed E-state index contributed by atoms with van der Waals surface area (Å²) in [5.41, 5.74) is 4.02. The molecule has 0 aromatic heterocycles. The Bertz CT molecular complexity index is 687. The van der Waals surface area contributed by atoms with E-state index < -0.39 is 0 Å². The van der Waals surface area contributed by atoms with Crippen LogP contribution in [0.4, 0.5) is 5.69 Å². The molecule has 4 atom stereocenters. The summed E-state index contributed by atoms with van der Waals surface area (Å²) in [6.07, 6.45) is 2.91. The second kappa shape index (κ2) is 4.83. The Hall–Kier alpha value is -1.84. The van der Waals surface area contributed by atoms with Crippen molar-refractivity contribution in [3.63, 3.8) is 0 Å². The van der Waals surface area contributed by atoms with E-state index in [-0.39, 0.29) is 6.23 Å². The lowest BCUT2D eigenvalue weighted by molar-refractivity contribution is 0.0119. The number of fused-ring (bicyclic) bond motifs is 4. The lowest BCUT2D eigenvalue weighted by Crippen LogP contribution is -2.44. The highest BCUT2D eigenvalue weighted by atomic mass is 16.5. The van der Waals surface area contributed by atoms with Crippen LogP contribution in [0.2, 0.25) is 0 Å². The van der Waals surface area contributed by atoms with Crippen LogP contribution in [0.25, 0.3) is 0 Å². The van der Waals surface area contributed by atoms with E-state index in [2.05, 4.69) is 64.8 Å². The first-order valence-electron chi connectivity index (χ1n) is 8.18. The minimum Gasteiger partial charge on any atom is -0.369 e. The second-order valence-electron chi connectivity index (χ2n) is 6.64. The number of ether oxygens (including phenoxy) is 1. The summed E-state index contributed by atoms with van der Waals surface area (Å²) in [6, 6.07) is 19.9. The third-order valence-corrected chi connectivity index (χ3v) is 5.37. The van der Waals surface area contributed by atoms with Crippen LogP contribution in [0, 0.1) is 5.92 Å². The number of hydrogen-bond acceptors (Lipinski definition) is 3. The number of para-hydroxylation sites is 1. The Morgan fingerprint density at radius 2 is 1.82 bits per heavy atom. The molecule has 2 saturated heterocycles. The zero-order valence-electron chi connectivity index (χ0n) is 12.5. The van der Waals surface area contributed by atoms with Gasteiger partial charge in [-0.3, -0.25) is 0 Å². The van der Waals surface area contributed by atoms with Crippen molar-refractivity contribution in [2.75, 3.05) is 11.9 Å². The first kappa shape index (κ1) is 12.7. The molecule has 0 radical (unpaired) electrons. The largest absolute Gasteiger partial charge is 0.369 e. The number of anilines is 1. The van der Waals surface area contributed by atoms with Crippen molar-refractivity contribution < 1.29 is 4.74 Å². The minimum atomic E-state index is 0.0963. The Balaban J connectivity index is 1.49. The predicted molar refractivity (Wildman–Crippen MR) is 86.4 cm³/mol. The second-order valence-corrected chi connectivity index (χ2v) is 6.64. The Morgan fingerprint density at radius 3 is 2.73 bits per heavy atom. The van der Waals surface area contributed by atoms with E-state index in [1.165, 1.54) is 29.7 Å². The van der Waals surface area contributed by atoms with Crippen molar-refractivity contribution >= 4 is 5.69 Å². The molecule has 3 aliphatic heterocycles. The summed E-state index contributed by atoms with van der Waals surface area (Å²) >= 11 is 0. The predicted octanol–water partition coefficient (Wildman–Crippen LogP) is 3.40. The third kappa shape index (κ3) is 1.82. The van der Waals surface area contributed by atoms with Gasteiger partial charge < -0.3 is 10.1 Å². The molecule has 112 valence electrons. The van der Waals surface area contributed by atoms with Crippen LogP contribution >= 0.6 is 0 Å². The van der Waals surface area contributed by atoms with E-state index in [0.717, 1.165) is 6.61 Å². The maximum atomic E-state index is 6.13. The van der Waals surface area contributed by atoms with Crippen LogP contribution in [0.3, 0.4) is 0 Å². The van der Waals surface area contributed by atoms with Crippen molar-refractivity contribution in [2.45, 2.75) is 31.3 Å². The molecule has 3 nitrogen and oxygen atoms in total. The van der Waals surface area contributed by atoms with Crippen LogP contribution in [-0.4, -0.2) is 23.7 Å². The van der Waals surface area contributed by atoms with Gasteiger partial charge in [-0.05, 0) is 36.0 Å². The van der Waals surface area contributed by atoms with Gasteiger partial charge in [-0.1, -0.05) is 48.5 Å². The van der Waals surface area contributed by atoms with E-state index in [4.69, 9.17) is 4.74 Å². The fourth-order valence-electron chi connectivity index (χ4n) is 4.40. The van der Waals surface area contributed by atoms with Gasteiger partial charge in [-0.25, -0.2) is 4.90 Å². The summed E-state index contributed by atoms with van der Waals surface area (Å²) in [6.45, 7) is 0.852. The van der Waals surface area contributed by atoms with E-state index in [1.807, 2.05) is 0 Å². The minimum absolute atomic E-state index is 0.0963. The average molecular weight is 292 g/mol. The molecular formula is C19H20N2O. The maximum Gasteiger partial charge on any atom is 0.138 e. The average Bonchev–Trinajstić information content (AvgIpc) is 3.12. The van der Waals surface area contributed by atoms with Gasteiger partial charge in [-0.15, -0.1) is 0 Å². The number of hydrogen-bond donors (Lipinski definition) is 1. The molecule has 1 N–H and O–H groups in total. The molecule has 0 amide bonds. The normalized spacial score (nSPS) is 32.9. The standard InChI is InChI=1S/C19H20N2O/c1-2-6-13(7-3-1)19-21-16(12-22-19)11-15-10-14-8-4-5-9-17(14)20-18(15)21/h1-9,15-16,18-20H,10-12H2/t15-,16+,18?,19-/m0/s1. The lowest BCUT2D eigenvalue weighted by Gasteiger charge is -2.36. The topological polar surface area (TPSA) is 24.5 Å². The van der Waals surface area contributed by atoms with Gasteiger partial charge in [0.2, 0.25) is 0 Å². The van der Waals surface area contributed by atoms with Gasteiger partial charge in [-0.2, -0.15) is 0 Å². The molecule has 0 aliphatic carbocycles. The summed E-state index contributed by atoms with van der Waals surface area (Å²) in [5, 5.41) is 3.78. The Morgan fingerprint density at radius 1 is 1.00 bits per heavy atom. The van der Waals surface area contributed by atoms with Gasteiger partial charge in [0.05, 0.1) is 12.8 Å². The zero-order chi connectivity index (χ0) is 14.5. The monoisotopic (exact) mass is 292 g/mol. The first-order valence-corrected chi connectivity index (χ1v) is 8.18. The maximum absolute atomic E-state index is 6.13. The van der Waals surface area contributed by atoms with Gasteiger partial charge >= 0.3 is 0 Å². The molecule has 2 fully saturated rings. The van der Waals surface area contributed by atoms with Crippen molar-refractivity contribution in [1.82, 2.24) is 4.90 Å². The number of nitrogens with zero attached hydrogens (tertiary/aromatic N) is 1. The fourth-order valence-corrected chi connectivity index (χ4v) is 4.40. The molecule has 0 saturated carbocycles. The molecule has 2 aromatic carbocycles. The molecule has 5 rings (SSSR count). The van der Waals surface area contributed by atoms with Crippen LogP contribution in [0.5, 0.6) is 0 Å². The first-order chi connectivity index (χ1) is 10.9. The highest BCUT2D eigenvalue weighted by molar-refractivity contribution is 5.54. The van der Waals surface area contributed by atoms with Gasteiger partial charge in [0.1, 0.15) is 6.23 Å². The highest BCUT2D eigenvalue weighted by Crippen LogP contribution is 2.46. The molecule has 22 heavy (non-hydrogen) atoms. The molecule has 3 heteroatoms. The van der Waals surface area contributed by atoms with Crippen molar-refractivity contribution in [1.29, 1.82) is 0 Å². The molecule has 2 aromatic rings. The molecule has 0 spiro atoms. The van der Waals surface area contributed by atoms with Crippen LogP contribution in [-0.2, 0) is 11.2 Å². The van der Waals surface area contributed by atoms with E-state index in [0.29, 0.717) is 18.1 Å². The Kier molecular flexibility index (Phi) is 2.79. The van der Waals surface area contributed by atoms with Crippen molar-refractivity contribution in [3.05, 3.63) is 65.7 Å². The van der Waals surface area contributed by atoms with Crippen molar-refractivity contribution in [2.24, 2.45) is 5.92 Å². The van der Waals surface area contributed by atoms with Crippen LogP contribution in [0.15, 0.2) is 54.6 Å². The number of nitrogens with one attached hydrogen (secondary N) is 1. The summed E-state index contributed by atoms with van der Waals surface area (Å²) in [7, 11) is 0. The summed E-state index contributed by atoms with van der Waals surface area (Å²) in [5.74, 6) is 0.690. The quantitative estimate of drug-likeness (QED) is 0.872. The van der Waals surface area contributed by atoms with Crippen LogP contribution < -0.4 is 5.32 Å². The fraction of sp³-hybridized carbons (Fsp3) is 0.368. The molecule has 1 unspecified atom stereocenters. The van der Waals surface area contributed by atoms with E-state index in [9.17, 15) is 0 Å².